The van der Waals surface area contributed by atoms with Crippen molar-refractivity contribution in [1.82, 2.24) is 10.2 Å². The van der Waals surface area contributed by atoms with Crippen molar-refractivity contribution < 1.29 is 4.74 Å². The molecule has 4 heteroatoms. The molecule has 20 heavy (non-hydrogen) atoms. The van der Waals surface area contributed by atoms with Crippen molar-refractivity contribution in [2.45, 2.75) is 75.6 Å². The Hall–Kier alpha value is -0.630. The van der Waals surface area contributed by atoms with Crippen LogP contribution in [0.2, 0.25) is 0 Å². The van der Waals surface area contributed by atoms with Gasteiger partial charge in [-0.15, -0.1) is 0 Å². The predicted molar refractivity (Wildman–Crippen MR) is 78.4 cm³/mol. The first-order chi connectivity index (χ1) is 9.70. The van der Waals surface area contributed by atoms with E-state index in [1.54, 1.807) is 0 Å². The molecule has 3 unspecified atom stereocenters. The second-order valence-electron chi connectivity index (χ2n) is 6.91. The maximum Gasteiger partial charge on any atom is 0.105 e. The monoisotopic (exact) mass is 277 g/mol. The van der Waals surface area contributed by atoms with Gasteiger partial charge in [0.1, 0.15) is 5.54 Å². The van der Waals surface area contributed by atoms with E-state index < -0.39 is 0 Å². The first kappa shape index (κ1) is 14.3. The van der Waals surface area contributed by atoms with E-state index in [1.165, 1.54) is 38.5 Å². The van der Waals surface area contributed by atoms with Gasteiger partial charge in [0.05, 0.1) is 18.8 Å². The summed E-state index contributed by atoms with van der Waals surface area (Å²) >= 11 is 0. The van der Waals surface area contributed by atoms with Gasteiger partial charge in [0.2, 0.25) is 0 Å². The third-order valence-electron chi connectivity index (χ3n) is 5.09. The van der Waals surface area contributed by atoms with Crippen LogP contribution in [0.3, 0.4) is 0 Å². The van der Waals surface area contributed by atoms with Crippen molar-refractivity contribution in [2.75, 3.05) is 19.7 Å². The summed E-state index contributed by atoms with van der Waals surface area (Å²) in [6.45, 7) is 4.98. The van der Waals surface area contributed by atoms with Crippen molar-refractivity contribution in [3.8, 4) is 6.07 Å². The minimum absolute atomic E-state index is 0.358. The quantitative estimate of drug-likeness (QED) is 0.835. The lowest BCUT2D eigenvalue weighted by molar-refractivity contribution is -0.0891. The number of nitrogens with zero attached hydrogens (tertiary/aromatic N) is 2. The SMILES string of the molecule is CC(C#N)(CCN1CCOC2CCCCC21)NC1CC1. The number of rotatable bonds is 5. The van der Waals surface area contributed by atoms with E-state index in [2.05, 4.69) is 23.2 Å². The highest BCUT2D eigenvalue weighted by Crippen LogP contribution is 2.29. The molecule has 0 radical (unpaired) electrons. The Kier molecular flexibility index (Phi) is 4.30. The number of morpholine rings is 1. The molecule has 0 aromatic carbocycles. The van der Waals surface area contributed by atoms with Crippen molar-refractivity contribution in [2.24, 2.45) is 0 Å². The Morgan fingerprint density at radius 3 is 2.85 bits per heavy atom. The molecule has 3 rings (SSSR count). The van der Waals surface area contributed by atoms with Gasteiger partial charge in [0.15, 0.2) is 0 Å². The average molecular weight is 277 g/mol. The van der Waals surface area contributed by atoms with E-state index in [1.807, 2.05) is 0 Å². The van der Waals surface area contributed by atoms with Crippen LogP contribution >= 0.6 is 0 Å². The van der Waals surface area contributed by atoms with Crippen LogP contribution in [0.25, 0.3) is 0 Å². The van der Waals surface area contributed by atoms with E-state index in [4.69, 9.17) is 4.74 Å². The maximum absolute atomic E-state index is 9.47. The number of fused-ring (bicyclic) bond motifs is 1. The van der Waals surface area contributed by atoms with Crippen LogP contribution in [-0.4, -0.2) is 48.3 Å². The Balaban J connectivity index is 1.54. The largest absolute Gasteiger partial charge is 0.375 e. The molecule has 0 amide bonds. The fourth-order valence-electron chi connectivity index (χ4n) is 3.66. The van der Waals surface area contributed by atoms with E-state index in [0.717, 1.165) is 26.1 Å². The minimum atomic E-state index is -0.358. The van der Waals surface area contributed by atoms with Crippen LogP contribution in [-0.2, 0) is 4.74 Å². The fraction of sp³-hybridized carbons (Fsp3) is 0.938. The van der Waals surface area contributed by atoms with Gasteiger partial charge in [-0.25, -0.2) is 0 Å². The van der Waals surface area contributed by atoms with Crippen LogP contribution in [0.4, 0.5) is 0 Å². The molecule has 2 aliphatic carbocycles. The molecule has 112 valence electrons. The van der Waals surface area contributed by atoms with Gasteiger partial charge in [-0.05, 0) is 39.0 Å². The molecule has 3 aliphatic rings. The van der Waals surface area contributed by atoms with Crippen molar-refractivity contribution in [1.29, 1.82) is 5.26 Å². The molecule has 0 aromatic heterocycles. The highest BCUT2D eigenvalue weighted by atomic mass is 16.5. The number of hydrogen-bond acceptors (Lipinski definition) is 4. The maximum atomic E-state index is 9.47. The Morgan fingerprint density at radius 2 is 2.10 bits per heavy atom. The summed E-state index contributed by atoms with van der Waals surface area (Å²) in [4.78, 5) is 2.58. The zero-order valence-electron chi connectivity index (χ0n) is 12.6. The van der Waals surface area contributed by atoms with Crippen LogP contribution in [0.15, 0.2) is 0 Å². The minimum Gasteiger partial charge on any atom is -0.375 e. The number of hydrogen-bond donors (Lipinski definition) is 1. The molecule has 0 aromatic rings. The van der Waals surface area contributed by atoms with Gasteiger partial charge in [0.25, 0.3) is 0 Å². The van der Waals surface area contributed by atoms with Crippen molar-refractivity contribution in [3.05, 3.63) is 0 Å². The molecule has 3 atom stereocenters. The topological polar surface area (TPSA) is 48.3 Å². The van der Waals surface area contributed by atoms with Crippen LogP contribution < -0.4 is 5.32 Å². The Morgan fingerprint density at radius 1 is 1.30 bits per heavy atom. The van der Waals surface area contributed by atoms with E-state index in [-0.39, 0.29) is 5.54 Å². The lowest BCUT2D eigenvalue weighted by Gasteiger charge is -2.44. The first-order valence-corrected chi connectivity index (χ1v) is 8.25. The van der Waals surface area contributed by atoms with Crippen LogP contribution in [0.1, 0.15) is 51.9 Å². The summed E-state index contributed by atoms with van der Waals surface area (Å²) in [5.41, 5.74) is -0.358. The molecule has 1 aliphatic heterocycles. The van der Waals surface area contributed by atoms with Gasteiger partial charge in [-0.3, -0.25) is 10.2 Å². The Bertz CT molecular complexity index is 374. The van der Waals surface area contributed by atoms with Gasteiger partial charge in [-0.1, -0.05) is 12.8 Å². The van der Waals surface area contributed by atoms with Crippen LogP contribution in [0, 0.1) is 11.3 Å². The third kappa shape index (κ3) is 3.33. The Labute approximate surface area is 122 Å². The van der Waals surface area contributed by atoms with Gasteiger partial charge >= 0.3 is 0 Å². The first-order valence-electron chi connectivity index (χ1n) is 8.25. The zero-order valence-corrected chi connectivity index (χ0v) is 12.6. The molecule has 1 N–H and O–H groups in total. The summed E-state index contributed by atoms with van der Waals surface area (Å²) in [6, 6.07) is 3.68. The summed E-state index contributed by atoms with van der Waals surface area (Å²) in [7, 11) is 0. The second kappa shape index (κ2) is 6.01. The highest BCUT2D eigenvalue weighted by molar-refractivity contribution is 5.07. The smallest absolute Gasteiger partial charge is 0.105 e. The molecule has 3 fully saturated rings. The zero-order chi connectivity index (χ0) is 14.0. The van der Waals surface area contributed by atoms with Gasteiger partial charge < -0.3 is 4.74 Å². The van der Waals surface area contributed by atoms with Crippen molar-refractivity contribution in [3.63, 3.8) is 0 Å². The number of ether oxygens (including phenoxy) is 1. The molecule has 1 saturated heterocycles. The van der Waals surface area contributed by atoms with Crippen molar-refractivity contribution >= 4 is 0 Å². The summed E-state index contributed by atoms with van der Waals surface area (Å²) in [5, 5.41) is 13.0. The molecule has 2 saturated carbocycles. The standard InChI is InChI=1S/C16H27N3O/c1-16(12-17,18-13-6-7-13)8-9-19-10-11-20-15-5-3-2-4-14(15)19/h13-15,18H,2-11H2,1H3. The lowest BCUT2D eigenvalue weighted by Crippen LogP contribution is -2.54. The van der Waals surface area contributed by atoms with E-state index in [9.17, 15) is 5.26 Å². The summed E-state index contributed by atoms with van der Waals surface area (Å²) in [5.74, 6) is 0. The summed E-state index contributed by atoms with van der Waals surface area (Å²) in [6.07, 6.45) is 8.97. The predicted octanol–water partition coefficient (Wildman–Crippen LogP) is 2.05. The molecule has 0 bridgehead atoms. The van der Waals surface area contributed by atoms with E-state index >= 15 is 0 Å². The van der Waals surface area contributed by atoms with E-state index in [0.29, 0.717) is 18.2 Å². The molecule has 1 heterocycles. The lowest BCUT2D eigenvalue weighted by atomic mass is 9.89. The molecular weight excluding hydrogens is 250 g/mol. The molecular formula is C16H27N3O. The highest BCUT2D eigenvalue weighted by Gasteiger charge is 2.37. The van der Waals surface area contributed by atoms with Crippen LogP contribution in [0.5, 0.6) is 0 Å². The molecule has 0 spiro atoms. The van der Waals surface area contributed by atoms with Gasteiger partial charge in [-0.2, -0.15) is 5.26 Å². The normalized spacial score (nSPS) is 34.0. The number of nitriles is 1. The second-order valence-corrected chi connectivity index (χ2v) is 6.91. The fourth-order valence-corrected chi connectivity index (χ4v) is 3.66. The van der Waals surface area contributed by atoms with Gasteiger partial charge in [0, 0.05) is 25.2 Å². The summed E-state index contributed by atoms with van der Waals surface area (Å²) < 4.78 is 5.92. The third-order valence-corrected chi connectivity index (χ3v) is 5.09. The molecule has 4 nitrogen and oxygen atoms in total. The number of nitrogens with one attached hydrogen (secondary N) is 1. The average Bonchev–Trinajstić information content (AvgIpc) is 3.29.